The molecule has 0 amide bonds. The quantitative estimate of drug-likeness (QED) is 0.471. The predicted octanol–water partition coefficient (Wildman–Crippen LogP) is 6.69. The monoisotopic (exact) mass is 427 g/mol. The van der Waals surface area contributed by atoms with Gasteiger partial charge in [-0.2, -0.15) is 0 Å². The van der Waals surface area contributed by atoms with Gasteiger partial charge in [-0.3, -0.25) is 0 Å². The number of hydrogen-bond donors (Lipinski definition) is 1. The molecule has 1 heterocycles. The van der Waals surface area contributed by atoms with Crippen LogP contribution in [0.25, 0.3) is 11.1 Å². The van der Waals surface area contributed by atoms with Gasteiger partial charge in [0.2, 0.25) is 0 Å². The first kappa shape index (κ1) is 22.6. The van der Waals surface area contributed by atoms with Gasteiger partial charge >= 0.3 is 7.12 Å². The Morgan fingerprint density at radius 1 is 0.625 bits per heavy atom. The Balaban J connectivity index is 1.42. The van der Waals surface area contributed by atoms with E-state index in [1.54, 1.807) is 0 Å². The van der Waals surface area contributed by atoms with Crippen molar-refractivity contribution >= 4 is 24.0 Å². The Morgan fingerprint density at radius 3 is 1.47 bits per heavy atom. The van der Waals surface area contributed by atoms with Gasteiger partial charge < -0.3 is 14.6 Å². The van der Waals surface area contributed by atoms with E-state index in [9.17, 15) is 0 Å². The summed E-state index contributed by atoms with van der Waals surface area (Å²) in [6, 6.07) is 25.7. The van der Waals surface area contributed by atoms with Gasteiger partial charge in [0.05, 0.1) is 11.2 Å². The van der Waals surface area contributed by atoms with Crippen LogP contribution in [-0.2, 0) is 14.7 Å². The van der Waals surface area contributed by atoms with Crippen molar-refractivity contribution in [2.75, 3.05) is 5.32 Å². The molecule has 32 heavy (non-hydrogen) atoms. The minimum absolute atomic E-state index is 0.171. The molecule has 4 heteroatoms. The Labute approximate surface area is 193 Å². The highest BCUT2D eigenvalue weighted by Crippen LogP contribution is 2.36. The van der Waals surface area contributed by atoms with Crippen LogP contribution >= 0.6 is 0 Å². The molecule has 0 bridgehead atoms. The second-order valence-corrected chi connectivity index (χ2v) is 10.7. The fourth-order valence-electron chi connectivity index (χ4n) is 3.78. The first-order valence-electron chi connectivity index (χ1n) is 11.4. The van der Waals surface area contributed by atoms with Crippen LogP contribution in [0, 0.1) is 0 Å². The zero-order chi connectivity index (χ0) is 23.1. The first-order valence-corrected chi connectivity index (χ1v) is 11.4. The molecule has 3 nitrogen and oxygen atoms in total. The largest absolute Gasteiger partial charge is 0.494 e. The van der Waals surface area contributed by atoms with Crippen molar-refractivity contribution in [1.82, 2.24) is 0 Å². The molecule has 0 saturated carbocycles. The number of nitrogens with one attached hydrogen (secondary N) is 1. The molecule has 0 unspecified atom stereocenters. The SMILES string of the molecule is CC(C)(C)c1ccc(-c2ccc(Nc3ccc(B4OC(C)(C)C(C)(C)O4)cc3)cc2)cc1. The molecule has 1 aliphatic heterocycles. The van der Waals surface area contributed by atoms with Crippen LogP contribution in [0.4, 0.5) is 11.4 Å². The zero-order valence-electron chi connectivity index (χ0n) is 20.3. The summed E-state index contributed by atoms with van der Waals surface area (Å²) in [6.45, 7) is 15.0. The van der Waals surface area contributed by atoms with Gasteiger partial charge in [0.25, 0.3) is 0 Å². The fourth-order valence-corrected chi connectivity index (χ4v) is 3.78. The van der Waals surface area contributed by atoms with Crippen molar-refractivity contribution in [1.29, 1.82) is 0 Å². The molecule has 0 atom stereocenters. The van der Waals surface area contributed by atoms with Gasteiger partial charge in [-0.1, -0.05) is 69.3 Å². The third kappa shape index (κ3) is 4.62. The summed E-state index contributed by atoms with van der Waals surface area (Å²) in [6.07, 6.45) is 0. The molecule has 3 aromatic carbocycles. The molecular weight excluding hydrogens is 393 g/mol. The first-order chi connectivity index (χ1) is 14.9. The Bertz CT molecular complexity index is 1050. The van der Waals surface area contributed by atoms with E-state index in [1.807, 2.05) is 0 Å². The summed E-state index contributed by atoms with van der Waals surface area (Å²) in [5, 5.41) is 3.48. The van der Waals surface area contributed by atoms with Crippen LogP contribution < -0.4 is 10.8 Å². The van der Waals surface area contributed by atoms with Crippen molar-refractivity contribution in [2.24, 2.45) is 0 Å². The lowest BCUT2D eigenvalue weighted by atomic mass is 9.79. The van der Waals surface area contributed by atoms with Gasteiger partial charge in [-0.15, -0.1) is 0 Å². The summed E-state index contributed by atoms with van der Waals surface area (Å²) >= 11 is 0. The molecule has 1 fully saturated rings. The summed E-state index contributed by atoms with van der Waals surface area (Å²) in [4.78, 5) is 0. The molecule has 0 aromatic heterocycles. The maximum absolute atomic E-state index is 6.15. The van der Waals surface area contributed by atoms with Crippen LogP contribution in [-0.4, -0.2) is 18.3 Å². The minimum Gasteiger partial charge on any atom is -0.399 e. The average Bonchev–Trinajstić information content (AvgIpc) is 2.96. The normalized spacial score (nSPS) is 17.4. The van der Waals surface area contributed by atoms with Crippen LogP contribution in [0.1, 0.15) is 54.0 Å². The summed E-state index contributed by atoms with van der Waals surface area (Å²) in [7, 11) is -0.335. The topological polar surface area (TPSA) is 30.5 Å². The summed E-state index contributed by atoms with van der Waals surface area (Å²) in [5.41, 5.74) is 6.43. The van der Waals surface area contributed by atoms with Crippen LogP contribution in [0.5, 0.6) is 0 Å². The average molecular weight is 427 g/mol. The zero-order valence-corrected chi connectivity index (χ0v) is 20.3. The van der Waals surface area contributed by atoms with E-state index in [4.69, 9.17) is 9.31 Å². The molecule has 0 radical (unpaired) electrons. The maximum atomic E-state index is 6.15. The predicted molar refractivity (Wildman–Crippen MR) is 136 cm³/mol. The van der Waals surface area contributed by atoms with Gasteiger partial charge in [0.1, 0.15) is 0 Å². The van der Waals surface area contributed by atoms with Crippen LogP contribution in [0.15, 0.2) is 72.8 Å². The van der Waals surface area contributed by atoms with Gasteiger partial charge in [0.15, 0.2) is 0 Å². The van der Waals surface area contributed by atoms with Crippen LogP contribution in [0.3, 0.4) is 0 Å². The molecule has 1 saturated heterocycles. The Morgan fingerprint density at radius 2 is 1.03 bits per heavy atom. The smallest absolute Gasteiger partial charge is 0.399 e. The Hall–Kier alpha value is -2.56. The minimum atomic E-state index is -0.335. The highest BCUT2D eigenvalue weighted by Gasteiger charge is 2.51. The third-order valence-corrected chi connectivity index (χ3v) is 6.69. The fraction of sp³-hybridized carbons (Fsp3) is 0.357. The van der Waals surface area contributed by atoms with E-state index < -0.39 is 0 Å². The van der Waals surface area contributed by atoms with Crippen molar-refractivity contribution < 1.29 is 9.31 Å². The maximum Gasteiger partial charge on any atom is 0.494 e. The van der Waals surface area contributed by atoms with E-state index in [0.29, 0.717) is 0 Å². The number of rotatable bonds is 4. The lowest BCUT2D eigenvalue weighted by Crippen LogP contribution is -2.41. The molecule has 3 aromatic rings. The standard InChI is InChI=1S/C28H34BNO2/c1-26(2,3)22-12-8-20(9-13-22)21-10-16-24(17-11-21)30-25-18-14-23(15-19-25)29-31-27(4,5)28(6,7)32-29/h8-19,30H,1-7H3. The van der Waals surface area contributed by atoms with E-state index in [1.165, 1.54) is 16.7 Å². The van der Waals surface area contributed by atoms with E-state index in [2.05, 4.69) is 127 Å². The second-order valence-electron chi connectivity index (χ2n) is 10.7. The molecule has 166 valence electrons. The summed E-state index contributed by atoms with van der Waals surface area (Å²) in [5.74, 6) is 0. The van der Waals surface area contributed by atoms with Crippen molar-refractivity contribution in [2.45, 2.75) is 65.1 Å². The lowest BCUT2D eigenvalue weighted by molar-refractivity contribution is 0.00578. The van der Waals surface area contributed by atoms with Crippen molar-refractivity contribution in [3.63, 3.8) is 0 Å². The number of hydrogen-bond acceptors (Lipinski definition) is 3. The van der Waals surface area contributed by atoms with E-state index >= 15 is 0 Å². The van der Waals surface area contributed by atoms with E-state index in [0.717, 1.165) is 16.8 Å². The molecular formula is C28H34BNO2. The highest BCUT2D eigenvalue weighted by molar-refractivity contribution is 6.62. The lowest BCUT2D eigenvalue weighted by Gasteiger charge is -2.32. The molecule has 1 aliphatic rings. The molecule has 1 N–H and O–H groups in total. The van der Waals surface area contributed by atoms with Crippen LogP contribution in [0.2, 0.25) is 0 Å². The van der Waals surface area contributed by atoms with Gasteiger partial charge in [-0.05, 0) is 79.5 Å². The molecule has 0 spiro atoms. The molecule has 0 aliphatic carbocycles. The Kier molecular flexibility index (Phi) is 5.73. The highest BCUT2D eigenvalue weighted by atomic mass is 16.7. The molecule has 4 rings (SSSR count). The number of anilines is 2. The van der Waals surface area contributed by atoms with Gasteiger partial charge in [0, 0.05) is 11.4 Å². The number of benzene rings is 3. The van der Waals surface area contributed by atoms with Crippen molar-refractivity contribution in [3.05, 3.63) is 78.4 Å². The second kappa shape index (κ2) is 8.10. The van der Waals surface area contributed by atoms with Crippen molar-refractivity contribution in [3.8, 4) is 11.1 Å². The summed E-state index contributed by atoms with van der Waals surface area (Å²) < 4.78 is 12.3. The van der Waals surface area contributed by atoms with Gasteiger partial charge in [-0.25, -0.2) is 0 Å². The third-order valence-electron chi connectivity index (χ3n) is 6.69. The van der Waals surface area contributed by atoms with E-state index in [-0.39, 0.29) is 23.7 Å².